The molecule has 1 aliphatic rings. The van der Waals surface area contributed by atoms with Crippen LogP contribution in [-0.4, -0.2) is 31.4 Å². The zero-order valence-corrected chi connectivity index (χ0v) is 11.8. The predicted molar refractivity (Wildman–Crippen MR) is 77.5 cm³/mol. The minimum Gasteiger partial charge on any atom is -0.497 e. The monoisotopic (exact) mass is 261 g/mol. The Morgan fingerprint density at radius 1 is 1.47 bits per heavy atom. The van der Waals surface area contributed by atoms with Crippen molar-refractivity contribution in [2.75, 3.05) is 20.7 Å². The van der Waals surface area contributed by atoms with Gasteiger partial charge in [0, 0.05) is 19.5 Å². The summed E-state index contributed by atoms with van der Waals surface area (Å²) in [4.78, 5) is 2.31. The molecule has 1 saturated carbocycles. The molecule has 0 spiro atoms. The molecule has 2 rings (SSSR count). The fourth-order valence-corrected chi connectivity index (χ4v) is 2.68. The molecule has 0 aliphatic heterocycles. The van der Waals surface area contributed by atoms with E-state index in [9.17, 15) is 0 Å². The van der Waals surface area contributed by atoms with E-state index in [4.69, 9.17) is 15.9 Å². The van der Waals surface area contributed by atoms with Crippen LogP contribution in [-0.2, 0) is 6.54 Å². The molecule has 104 valence electrons. The lowest BCUT2D eigenvalue weighted by Gasteiger charge is -2.23. The first-order valence-electron chi connectivity index (χ1n) is 6.67. The van der Waals surface area contributed by atoms with Gasteiger partial charge in [0.15, 0.2) is 0 Å². The lowest BCUT2D eigenvalue weighted by atomic mass is 10.0. The van der Waals surface area contributed by atoms with Gasteiger partial charge in [0.2, 0.25) is 0 Å². The van der Waals surface area contributed by atoms with Crippen molar-refractivity contribution < 1.29 is 4.74 Å². The predicted octanol–water partition coefficient (Wildman–Crippen LogP) is 2.23. The van der Waals surface area contributed by atoms with Gasteiger partial charge in [0.1, 0.15) is 5.75 Å². The molecule has 0 radical (unpaired) electrons. The van der Waals surface area contributed by atoms with E-state index in [-0.39, 0.29) is 5.41 Å². The number of ether oxygens (including phenoxy) is 1. The average Bonchev–Trinajstić information content (AvgIpc) is 3.07. The maximum atomic E-state index is 7.45. The number of hydrogen-bond acceptors (Lipinski definition) is 3. The van der Waals surface area contributed by atoms with Gasteiger partial charge in [-0.05, 0) is 43.0 Å². The van der Waals surface area contributed by atoms with Crippen LogP contribution in [0.25, 0.3) is 0 Å². The molecule has 1 aromatic carbocycles. The number of nitrogens with one attached hydrogen (secondary N) is 1. The molecule has 0 heterocycles. The molecule has 1 aromatic rings. The van der Waals surface area contributed by atoms with Gasteiger partial charge in [-0.1, -0.05) is 12.1 Å². The number of hydrogen-bond donors (Lipinski definition) is 2. The summed E-state index contributed by atoms with van der Waals surface area (Å²) < 4.78 is 5.24. The van der Waals surface area contributed by atoms with Gasteiger partial charge < -0.3 is 15.4 Å². The van der Waals surface area contributed by atoms with Gasteiger partial charge in [-0.2, -0.15) is 0 Å². The first-order valence-corrected chi connectivity index (χ1v) is 6.67. The zero-order chi connectivity index (χ0) is 13.9. The van der Waals surface area contributed by atoms with E-state index in [0.717, 1.165) is 25.3 Å². The standard InChI is InChI=1S/C15H23N3O/c1-18(11-15(6-7-15)9-14(16)17)10-12-4-3-5-13(8-12)19-2/h3-5,8H,6-7,9-11H2,1-2H3,(H3,16,17). The number of amidine groups is 1. The number of rotatable bonds is 7. The molecule has 0 amide bonds. The quantitative estimate of drug-likeness (QED) is 0.584. The van der Waals surface area contributed by atoms with Crippen LogP contribution in [0.3, 0.4) is 0 Å². The molecule has 0 saturated heterocycles. The molecule has 0 aromatic heterocycles. The van der Waals surface area contributed by atoms with Gasteiger partial charge in [-0.15, -0.1) is 0 Å². The highest BCUT2D eigenvalue weighted by Gasteiger charge is 2.43. The minimum atomic E-state index is 0.263. The van der Waals surface area contributed by atoms with Crippen molar-refractivity contribution in [3.63, 3.8) is 0 Å². The smallest absolute Gasteiger partial charge is 0.119 e. The summed E-state index contributed by atoms with van der Waals surface area (Å²) in [6.45, 7) is 1.90. The zero-order valence-electron chi connectivity index (χ0n) is 11.8. The Labute approximate surface area is 115 Å². The average molecular weight is 261 g/mol. The van der Waals surface area contributed by atoms with Gasteiger partial charge >= 0.3 is 0 Å². The van der Waals surface area contributed by atoms with E-state index >= 15 is 0 Å². The minimum absolute atomic E-state index is 0.263. The molecule has 3 N–H and O–H groups in total. The molecule has 4 nitrogen and oxygen atoms in total. The Morgan fingerprint density at radius 2 is 2.21 bits per heavy atom. The maximum absolute atomic E-state index is 7.45. The summed E-state index contributed by atoms with van der Waals surface area (Å²) in [5.41, 5.74) is 7.05. The summed E-state index contributed by atoms with van der Waals surface area (Å²) in [6, 6.07) is 8.16. The van der Waals surface area contributed by atoms with Crippen molar-refractivity contribution in [2.45, 2.75) is 25.8 Å². The molecule has 1 fully saturated rings. The second-order valence-electron chi connectivity index (χ2n) is 5.73. The Kier molecular flexibility index (Phi) is 4.10. The van der Waals surface area contributed by atoms with Crippen LogP contribution in [0.4, 0.5) is 0 Å². The largest absolute Gasteiger partial charge is 0.497 e. The van der Waals surface area contributed by atoms with Crippen molar-refractivity contribution in [2.24, 2.45) is 11.1 Å². The fourth-order valence-electron chi connectivity index (χ4n) is 2.68. The Bertz CT molecular complexity index is 454. The van der Waals surface area contributed by atoms with Crippen LogP contribution in [0, 0.1) is 10.8 Å². The molecule has 0 bridgehead atoms. The van der Waals surface area contributed by atoms with Crippen molar-refractivity contribution in [1.29, 1.82) is 5.41 Å². The Balaban J connectivity index is 1.90. The van der Waals surface area contributed by atoms with Crippen LogP contribution in [0.5, 0.6) is 5.75 Å². The van der Waals surface area contributed by atoms with Crippen LogP contribution >= 0.6 is 0 Å². The van der Waals surface area contributed by atoms with Crippen molar-refractivity contribution >= 4 is 5.84 Å². The SMILES string of the molecule is COc1cccc(CN(C)CC2(CC(=N)N)CC2)c1. The van der Waals surface area contributed by atoms with E-state index in [2.05, 4.69) is 24.1 Å². The third-order valence-corrected chi connectivity index (χ3v) is 3.71. The maximum Gasteiger partial charge on any atom is 0.119 e. The first-order chi connectivity index (χ1) is 9.03. The normalized spacial score (nSPS) is 16.4. The van der Waals surface area contributed by atoms with Crippen molar-refractivity contribution in [3.05, 3.63) is 29.8 Å². The summed E-state index contributed by atoms with van der Waals surface area (Å²) in [7, 11) is 3.81. The summed E-state index contributed by atoms with van der Waals surface area (Å²) >= 11 is 0. The molecule has 1 aliphatic carbocycles. The topological polar surface area (TPSA) is 62.3 Å². The highest BCUT2D eigenvalue weighted by Crippen LogP contribution is 2.49. The van der Waals surface area contributed by atoms with E-state index in [0.29, 0.717) is 5.84 Å². The third kappa shape index (κ3) is 3.96. The van der Waals surface area contributed by atoms with Crippen molar-refractivity contribution in [3.8, 4) is 5.75 Å². The van der Waals surface area contributed by atoms with Crippen LogP contribution in [0.2, 0.25) is 0 Å². The second kappa shape index (κ2) is 5.61. The van der Waals surface area contributed by atoms with Crippen LogP contribution < -0.4 is 10.5 Å². The summed E-state index contributed by atoms with van der Waals surface area (Å²) in [5.74, 6) is 1.21. The van der Waals surface area contributed by atoms with E-state index in [1.165, 1.54) is 18.4 Å². The third-order valence-electron chi connectivity index (χ3n) is 3.71. The molecular weight excluding hydrogens is 238 g/mol. The van der Waals surface area contributed by atoms with Gasteiger partial charge in [0.05, 0.1) is 12.9 Å². The molecule has 0 unspecified atom stereocenters. The lowest BCUT2D eigenvalue weighted by Crippen LogP contribution is -2.29. The second-order valence-corrected chi connectivity index (χ2v) is 5.73. The Hall–Kier alpha value is -1.55. The number of methoxy groups -OCH3 is 1. The lowest BCUT2D eigenvalue weighted by molar-refractivity contribution is 0.259. The van der Waals surface area contributed by atoms with E-state index < -0.39 is 0 Å². The van der Waals surface area contributed by atoms with Crippen LogP contribution in [0.15, 0.2) is 24.3 Å². The van der Waals surface area contributed by atoms with Crippen LogP contribution in [0.1, 0.15) is 24.8 Å². The highest BCUT2D eigenvalue weighted by atomic mass is 16.5. The molecular formula is C15H23N3O. The van der Waals surface area contributed by atoms with E-state index in [1.807, 2.05) is 12.1 Å². The fraction of sp³-hybridized carbons (Fsp3) is 0.533. The van der Waals surface area contributed by atoms with Gasteiger partial charge in [0.25, 0.3) is 0 Å². The molecule has 4 heteroatoms. The number of nitrogens with two attached hydrogens (primary N) is 1. The number of nitrogens with zero attached hydrogens (tertiary/aromatic N) is 1. The van der Waals surface area contributed by atoms with Gasteiger partial charge in [-0.3, -0.25) is 5.41 Å². The molecule has 19 heavy (non-hydrogen) atoms. The van der Waals surface area contributed by atoms with Gasteiger partial charge in [-0.25, -0.2) is 0 Å². The summed E-state index contributed by atoms with van der Waals surface area (Å²) in [5, 5.41) is 7.45. The summed E-state index contributed by atoms with van der Waals surface area (Å²) in [6.07, 6.45) is 3.11. The van der Waals surface area contributed by atoms with Crippen molar-refractivity contribution in [1.82, 2.24) is 4.90 Å². The Morgan fingerprint density at radius 3 is 2.79 bits per heavy atom. The first kappa shape index (κ1) is 13.9. The van der Waals surface area contributed by atoms with E-state index in [1.54, 1.807) is 7.11 Å². The highest BCUT2D eigenvalue weighted by molar-refractivity contribution is 5.78. The molecule has 0 atom stereocenters. The number of benzene rings is 1.